The highest BCUT2D eigenvalue weighted by Crippen LogP contribution is 2.60. The van der Waals surface area contributed by atoms with Gasteiger partial charge in [0.15, 0.2) is 12.3 Å². The fourth-order valence-electron chi connectivity index (χ4n) is 7.49. The standard InChI is InChI=1S/C53H87N3O16P2/c1-4-5-6-7-24-29-34-44(57)35-30-25-20-16-13-14-17-21-26-31-36-48(58)67-40-45(70-49(59)37-32-27-22-18-12-10-8-9-11-15-19-23-28-33-43(2)3)41-68-73(63,64)72-74(65,66)69-42-46-50(60)51(61)52(71-46)56-39-38-47(54)55-53(56)62/h5-6,13-14,20-21,24-26,29-30,35,38-39,43-46,50-52,57,60-61H,4,7-12,15-19,22-23,27-28,31-34,36-37,40-42H2,1-3H3,(H,63,64)(H,65,66)(H2,54,55,62)/b6-5-,14-13-,25-20-,26-21-,29-24-,35-30+/t44?,45-,46-,50-,51-,52-/m1/s1. The van der Waals surface area contributed by atoms with Gasteiger partial charge < -0.3 is 45.1 Å². The number of unbranched alkanes of at least 4 members (excludes halogenated alkanes) is 12. The average molecular weight is 1080 g/mol. The topological polar surface area (TPSA) is 286 Å². The summed E-state index contributed by atoms with van der Waals surface area (Å²) in [5, 5.41) is 31.0. The third kappa shape index (κ3) is 32.6. The monoisotopic (exact) mass is 1080 g/mol. The van der Waals surface area contributed by atoms with Crippen molar-refractivity contribution in [3.05, 3.63) is 95.7 Å². The summed E-state index contributed by atoms with van der Waals surface area (Å²) in [6.45, 7) is 4.21. The summed E-state index contributed by atoms with van der Waals surface area (Å²) < 4.78 is 56.7. The number of hydrogen-bond acceptors (Lipinski definition) is 16. The molecule has 1 aromatic heterocycles. The minimum Gasteiger partial charge on any atom is -0.462 e. The molecule has 1 aliphatic rings. The Labute approximate surface area is 438 Å². The Hall–Kier alpha value is -3.84. The van der Waals surface area contributed by atoms with Crippen molar-refractivity contribution in [2.45, 2.75) is 199 Å². The van der Waals surface area contributed by atoms with Crippen LogP contribution >= 0.6 is 15.6 Å². The summed E-state index contributed by atoms with van der Waals surface area (Å²) in [6, 6.07) is 1.24. The number of rotatable bonds is 42. The molecule has 420 valence electrons. The van der Waals surface area contributed by atoms with Gasteiger partial charge in [0, 0.05) is 19.0 Å². The van der Waals surface area contributed by atoms with E-state index in [4.69, 9.17) is 29.0 Å². The van der Waals surface area contributed by atoms with Crippen LogP contribution in [0.15, 0.2) is 90.0 Å². The van der Waals surface area contributed by atoms with Gasteiger partial charge in [0.05, 0.1) is 19.3 Å². The van der Waals surface area contributed by atoms with Gasteiger partial charge in [0.25, 0.3) is 0 Å². The SMILES string of the molecule is CC/C=C\C/C=C\CC(O)/C=C/C=C\C/C=C\C/C=C\CCC(=O)OC[C@H](COP(=O)(O)OP(=O)(O)OC[C@H]1O[C@@H](n2ccc(N)nc2=O)[C@H](O)[C@@H]1O)OC(=O)CCCCCCCCCCCCCCCC(C)C. The molecular formula is C53H87N3O16P2. The molecule has 0 spiro atoms. The third-order valence-electron chi connectivity index (χ3n) is 11.6. The zero-order chi connectivity index (χ0) is 54.5. The molecule has 0 saturated carbocycles. The summed E-state index contributed by atoms with van der Waals surface area (Å²) in [6.07, 6.45) is 36.0. The molecule has 8 atom stereocenters. The van der Waals surface area contributed by atoms with E-state index in [2.05, 4.69) is 42.2 Å². The molecule has 2 rings (SSSR count). The van der Waals surface area contributed by atoms with Gasteiger partial charge in [-0.1, -0.05) is 177 Å². The summed E-state index contributed by atoms with van der Waals surface area (Å²) in [7, 11) is -10.9. The van der Waals surface area contributed by atoms with Crippen LogP contribution in [0.25, 0.3) is 0 Å². The number of nitrogens with zero attached hydrogens (tertiary/aromatic N) is 2. The van der Waals surface area contributed by atoms with Crippen LogP contribution in [0.2, 0.25) is 0 Å². The molecule has 0 bridgehead atoms. The maximum absolute atomic E-state index is 12.9. The van der Waals surface area contributed by atoms with Crippen molar-refractivity contribution in [1.82, 2.24) is 9.55 Å². The van der Waals surface area contributed by atoms with Crippen LogP contribution in [-0.4, -0.2) is 96.9 Å². The molecule has 3 unspecified atom stereocenters. The highest BCUT2D eigenvalue weighted by Gasteiger charge is 2.46. The number of esters is 2. The Morgan fingerprint density at radius 3 is 1.97 bits per heavy atom. The van der Waals surface area contributed by atoms with Crippen LogP contribution in [0.3, 0.4) is 0 Å². The molecule has 1 aliphatic heterocycles. The predicted molar refractivity (Wildman–Crippen MR) is 285 cm³/mol. The molecule has 1 fully saturated rings. The van der Waals surface area contributed by atoms with Crippen molar-refractivity contribution >= 4 is 33.4 Å². The number of anilines is 1. The largest absolute Gasteiger partial charge is 0.481 e. The highest BCUT2D eigenvalue weighted by atomic mass is 31.3. The molecule has 0 aromatic carbocycles. The number of hydrogen-bond donors (Lipinski definition) is 6. The maximum atomic E-state index is 12.9. The zero-order valence-corrected chi connectivity index (χ0v) is 45.7. The lowest BCUT2D eigenvalue weighted by Gasteiger charge is -2.21. The summed E-state index contributed by atoms with van der Waals surface area (Å²) in [4.78, 5) is 62.0. The van der Waals surface area contributed by atoms with Crippen molar-refractivity contribution in [3.8, 4) is 0 Å². The van der Waals surface area contributed by atoms with E-state index in [0.717, 1.165) is 55.2 Å². The van der Waals surface area contributed by atoms with Crippen LogP contribution in [0.1, 0.15) is 168 Å². The third-order valence-corrected chi connectivity index (χ3v) is 14.2. The number of carbonyl (C=O) groups is 2. The number of allylic oxidation sites excluding steroid dienone is 10. The van der Waals surface area contributed by atoms with E-state index in [-0.39, 0.29) is 18.7 Å². The average Bonchev–Trinajstić information content (AvgIpc) is 3.62. The molecule has 2 heterocycles. The van der Waals surface area contributed by atoms with Crippen molar-refractivity contribution in [3.63, 3.8) is 0 Å². The van der Waals surface area contributed by atoms with E-state index in [1.54, 1.807) is 6.08 Å². The van der Waals surface area contributed by atoms with Crippen molar-refractivity contribution in [2.75, 3.05) is 25.6 Å². The lowest BCUT2D eigenvalue weighted by atomic mass is 10.0. The van der Waals surface area contributed by atoms with E-state index < -0.39 is 89.8 Å². The molecule has 1 saturated heterocycles. The van der Waals surface area contributed by atoms with E-state index >= 15 is 0 Å². The van der Waals surface area contributed by atoms with Crippen molar-refractivity contribution in [2.24, 2.45) is 5.92 Å². The quantitative estimate of drug-likeness (QED) is 0.0117. The summed E-state index contributed by atoms with van der Waals surface area (Å²) >= 11 is 0. The van der Waals surface area contributed by atoms with Gasteiger partial charge in [-0.15, -0.1) is 0 Å². The molecule has 0 aliphatic carbocycles. The molecule has 7 N–H and O–H groups in total. The fraction of sp³-hybridized carbons (Fsp3) is 0.660. The Morgan fingerprint density at radius 1 is 0.757 bits per heavy atom. The van der Waals surface area contributed by atoms with Crippen LogP contribution < -0.4 is 11.4 Å². The Balaban J connectivity index is 1.83. The smallest absolute Gasteiger partial charge is 0.462 e. The van der Waals surface area contributed by atoms with E-state index in [1.165, 1.54) is 63.9 Å². The first-order valence-electron chi connectivity index (χ1n) is 26.4. The predicted octanol–water partition coefficient (Wildman–Crippen LogP) is 10.1. The maximum Gasteiger partial charge on any atom is 0.481 e. The van der Waals surface area contributed by atoms with E-state index in [1.807, 2.05) is 54.7 Å². The van der Waals surface area contributed by atoms with Gasteiger partial charge in [-0.2, -0.15) is 9.29 Å². The fourth-order valence-corrected chi connectivity index (χ4v) is 9.60. The lowest BCUT2D eigenvalue weighted by Crippen LogP contribution is -2.36. The number of phosphoric ester groups is 2. The van der Waals surface area contributed by atoms with Crippen LogP contribution in [-0.2, 0) is 46.3 Å². The van der Waals surface area contributed by atoms with Gasteiger partial charge in [-0.3, -0.25) is 23.2 Å². The second-order valence-electron chi connectivity index (χ2n) is 18.7. The summed E-state index contributed by atoms with van der Waals surface area (Å²) in [5.74, 6) is -0.657. The van der Waals surface area contributed by atoms with Crippen LogP contribution in [0.5, 0.6) is 0 Å². The molecule has 0 amide bonds. The van der Waals surface area contributed by atoms with Gasteiger partial charge >= 0.3 is 33.3 Å². The first-order valence-corrected chi connectivity index (χ1v) is 29.4. The summed E-state index contributed by atoms with van der Waals surface area (Å²) in [5.41, 5.74) is 4.58. The number of nitrogen functional groups attached to an aromatic ring is 1. The number of aliphatic hydroxyl groups is 3. The number of nitrogens with two attached hydrogens (primary N) is 1. The number of phosphoric acid groups is 2. The molecule has 19 nitrogen and oxygen atoms in total. The first kappa shape index (κ1) is 66.3. The molecule has 1 aromatic rings. The Morgan fingerprint density at radius 2 is 1.34 bits per heavy atom. The van der Waals surface area contributed by atoms with Crippen LogP contribution in [0, 0.1) is 5.92 Å². The van der Waals surface area contributed by atoms with Crippen molar-refractivity contribution in [1.29, 1.82) is 0 Å². The Bertz CT molecular complexity index is 2060. The van der Waals surface area contributed by atoms with E-state index in [0.29, 0.717) is 32.1 Å². The van der Waals surface area contributed by atoms with Crippen LogP contribution in [0.4, 0.5) is 5.82 Å². The second-order valence-corrected chi connectivity index (χ2v) is 21.7. The number of aliphatic hydroxyl groups excluding tert-OH is 3. The number of ether oxygens (including phenoxy) is 3. The van der Waals surface area contributed by atoms with Crippen molar-refractivity contribution < 1.29 is 71.4 Å². The minimum atomic E-state index is -5.45. The Kier molecular flexibility index (Phi) is 35.4. The number of aromatic nitrogens is 2. The molecular weight excluding hydrogens is 997 g/mol. The van der Waals surface area contributed by atoms with Gasteiger partial charge in [-0.05, 0) is 56.9 Å². The first-order chi connectivity index (χ1) is 35.4. The van der Waals surface area contributed by atoms with Gasteiger partial charge in [0.2, 0.25) is 0 Å². The van der Waals surface area contributed by atoms with Gasteiger partial charge in [0.1, 0.15) is 30.7 Å². The van der Waals surface area contributed by atoms with Gasteiger partial charge in [-0.25, -0.2) is 13.9 Å². The van der Waals surface area contributed by atoms with E-state index in [9.17, 15) is 48.6 Å². The lowest BCUT2D eigenvalue weighted by molar-refractivity contribution is -0.161. The second kappa shape index (κ2) is 39.5. The molecule has 0 radical (unpaired) electrons. The molecule has 74 heavy (non-hydrogen) atoms. The number of carbonyl (C=O) groups excluding carboxylic acids is 2. The zero-order valence-electron chi connectivity index (χ0n) is 43.9. The molecule has 21 heteroatoms. The minimum absolute atomic E-state index is 0.0230. The highest BCUT2D eigenvalue weighted by molar-refractivity contribution is 7.61. The normalized spacial score (nSPS) is 20.0.